The number of β-amino-alcohol motifs (C(OH)–C–C–N with tert-alkyl or cyclic N) is 1. The van der Waals surface area contributed by atoms with Gasteiger partial charge in [-0.05, 0) is 24.7 Å². The second kappa shape index (κ2) is 6.02. The van der Waals surface area contributed by atoms with Crippen molar-refractivity contribution in [2.45, 2.75) is 51.7 Å². The van der Waals surface area contributed by atoms with Gasteiger partial charge in [0.1, 0.15) is 0 Å². The molecule has 18 heavy (non-hydrogen) atoms. The Kier molecular flexibility index (Phi) is 4.62. The van der Waals surface area contributed by atoms with Crippen LogP contribution in [0.1, 0.15) is 39.5 Å². The lowest BCUT2D eigenvalue weighted by molar-refractivity contribution is -0.123. The molecule has 1 saturated carbocycles. The van der Waals surface area contributed by atoms with E-state index in [1.54, 1.807) is 0 Å². The highest BCUT2D eigenvalue weighted by Crippen LogP contribution is 2.29. The van der Waals surface area contributed by atoms with Gasteiger partial charge in [0.25, 0.3) is 0 Å². The molecule has 4 nitrogen and oxygen atoms in total. The van der Waals surface area contributed by atoms with E-state index in [1.165, 1.54) is 12.8 Å². The summed E-state index contributed by atoms with van der Waals surface area (Å²) in [5, 5.41) is 12.6. The van der Waals surface area contributed by atoms with Gasteiger partial charge in [-0.15, -0.1) is 0 Å². The van der Waals surface area contributed by atoms with Crippen molar-refractivity contribution in [3.05, 3.63) is 0 Å². The van der Waals surface area contributed by atoms with Gasteiger partial charge in [-0.3, -0.25) is 9.69 Å². The number of likely N-dealkylation sites (tertiary alicyclic amines) is 1. The van der Waals surface area contributed by atoms with Gasteiger partial charge in [-0.1, -0.05) is 26.7 Å². The monoisotopic (exact) mass is 254 g/mol. The third-order valence-corrected chi connectivity index (χ3v) is 4.67. The Hall–Kier alpha value is -0.610. The van der Waals surface area contributed by atoms with Gasteiger partial charge in [0.05, 0.1) is 12.6 Å². The summed E-state index contributed by atoms with van der Waals surface area (Å²) in [6.07, 6.45) is 4.17. The number of carbonyl (C=O) groups is 1. The smallest absolute Gasteiger partial charge is 0.234 e. The van der Waals surface area contributed by atoms with E-state index in [-0.39, 0.29) is 12.0 Å². The molecule has 104 valence electrons. The quantitative estimate of drug-likeness (QED) is 0.790. The van der Waals surface area contributed by atoms with Gasteiger partial charge < -0.3 is 10.4 Å². The second-order valence-corrected chi connectivity index (χ2v) is 6.12. The zero-order valence-corrected chi connectivity index (χ0v) is 11.6. The number of carbonyl (C=O) groups excluding carboxylic acids is 1. The highest BCUT2D eigenvalue weighted by atomic mass is 16.3. The molecule has 1 aliphatic heterocycles. The van der Waals surface area contributed by atoms with Crippen LogP contribution in [0.25, 0.3) is 0 Å². The minimum Gasteiger partial charge on any atom is -0.392 e. The van der Waals surface area contributed by atoms with Crippen LogP contribution in [0.2, 0.25) is 0 Å². The Balaban J connectivity index is 1.76. The zero-order chi connectivity index (χ0) is 13.1. The fourth-order valence-electron chi connectivity index (χ4n) is 3.20. The largest absolute Gasteiger partial charge is 0.392 e. The van der Waals surface area contributed by atoms with Gasteiger partial charge >= 0.3 is 0 Å². The number of nitrogens with one attached hydrogen (secondary N) is 1. The Bertz CT molecular complexity index is 296. The van der Waals surface area contributed by atoms with Crippen LogP contribution in [0, 0.1) is 11.8 Å². The minimum absolute atomic E-state index is 0.120. The molecule has 0 bridgehead atoms. The second-order valence-electron chi connectivity index (χ2n) is 6.12. The van der Waals surface area contributed by atoms with Crippen molar-refractivity contribution in [3.63, 3.8) is 0 Å². The summed E-state index contributed by atoms with van der Waals surface area (Å²) in [4.78, 5) is 14.0. The van der Waals surface area contributed by atoms with Crippen LogP contribution in [0.4, 0.5) is 0 Å². The fraction of sp³-hybridized carbons (Fsp3) is 0.929. The number of aliphatic hydroxyl groups is 1. The van der Waals surface area contributed by atoms with E-state index in [1.807, 2.05) is 4.90 Å². The van der Waals surface area contributed by atoms with E-state index in [9.17, 15) is 9.90 Å². The number of aliphatic hydroxyl groups excluding tert-OH is 1. The Morgan fingerprint density at radius 3 is 2.78 bits per heavy atom. The van der Waals surface area contributed by atoms with Gasteiger partial charge in [-0.25, -0.2) is 0 Å². The molecule has 1 amide bonds. The van der Waals surface area contributed by atoms with Gasteiger partial charge in [0, 0.05) is 19.1 Å². The maximum atomic E-state index is 12.0. The van der Waals surface area contributed by atoms with Gasteiger partial charge in [0.2, 0.25) is 5.91 Å². The molecule has 1 aliphatic carbocycles. The Morgan fingerprint density at radius 1 is 1.33 bits per heavy atom. The summed E-state index contributed by atoms with van der Waals surface area (Å²) in [6, 6.07) is 0.341. The van der Waals surface area contributed by atoms with Crippen molar-refractivity contribution >= 4 is 5.91 Å². The van der Waals surface area contributed by atoms with Crippen molar-refractivity contribution in [1.82, 2.24) is 10.2 Å². The predicted octanol–water partition coefficient (Wildman–Crippen LogP) is 0.994. The molecule has 0 spiro atoms. The maximum absolute atomic E-state index is 12.0. The standard InChI is InChI=1S/C14H26N2O2/c1-10-4-3-5-13(11(10)2)15-14(18)9-16-7-6-12(17)8-16/h10-13,17H,3-9H2,1-2H3,(H,15,18). The normalized spacial score (nSPS) is 37.7. The van der Waals surface area contributed by atoms with Crippen LogP contribution in [0.3, 0.4) is 0 Å². The summed E-state index contributed by atoms with van der Waals surface area (Å²) >= 11 is 0. The minimum atomic E-state index is -0.244. The van der Waals surface area contributed by atoms with Crippen molar-refractivity contribution in [3.8, 4) is 0 Å². The summed E-state index contributed by atoms with van der Waals surface area (Å²) < 4.78 is 0. The van der Waals surface area contributed by atoms with Crippen molar-refractivity contribution in [1.29, 1.82) is 0 Å². The molecule has 1 heterocycles. The maximum Gasteiger partial charge on any atom is 0.234 e. The van der Waals surface area contributed by atoms with Crippen LogP contribution in [0.15, 0.2) is 0 Å². The lowest BCUT2D eigenvalue weighted by atomic mass is 9.78. The van der Waals surface area contributed by atoms with Crippen molar-refractivity contribution < 1.29 is 9.90 Å². The van der Waals surface area contributed by atoms with Crippen molar-refractivity contribution in [2.75, 3.05) is 19.6 Å². The number of hydrogen-bond donors (Lipinski definition) is 2. The predicted molar refractivity (Wildman–Crippen MR) is 71.2 cm³/mol. The van der Waals surface area contributed by atoms with Crippen LogP contribution in [-0.4, -0.2) is 47.7 Å². The van der Waals surface area contributed by atoms with Crippen LogP contribution >= 0.6 is 0 Å². The third kappa shape index (κ3) is 3.45. The lowest BCUT2D eigenvalue weighted by Crippen LogP contribution is -2.47. The number of rotatable bonds is 3. The molecule has 2 rings (SSSR count). The molecule has 4 atom stereocenters. The molecule has 4 unspecified atom stereocenters. The first-order valence-electron chi connectivity index (χ1n) is 7.26. The molecule has 1 saturated heterocycles. The first-order chi connectivity index (χ1) is 8.56. The van der Waals surface area contributed by atoms with Crippen LogP contribution in [-0.2, 0) is 4.79 Å². The van der Waals surface area contributed by atoms with Gasteiger partial charge in [0.15, 0.2) is 0 Å². The molecular weight excluding hydrogens is 228 g/mol. The first kappa shape index (κ1) is 13.8. The molecule has 0 radical (unpaired) electrons. The molecule has 4 heteroatoms. The number of nitrogens with zero attached hydrogens (tertiary/aromatic N) is 1. The van der Waals surface area contributed by atoms with E-state index in [2.05, 4.69) is 19.2 Å². The summed E-state index contributed by atoms with van der Waals surface area (Å²) in [5.74, 6) is 1.40. The number of hydrogen-bond acceptors (Lipinski definition) is 3. The topological polar surface area (TPSA) is 52.6 Å². The average molecular weight is 254 g/mol. The lowest BCUT2D eigenvalue weighted by Gasteiger charge is -2.34. The first-order valence-corrected chi connectivity index (χ1v) is 7.26. The Morgan fingerprint density at radius 2 is 2.11 bits per heavy atom. The highest BCUT2D eigenvalue weighted by molar-refractivity contribution is 5.78. The summed E-state index contributed by atoms with van der Waals surface area (Å²) in [6.45, 7) is 6.44. The molecule has 2 N–H and O–H groups in total. The van der Waals surface area contributed by atoms with E-state index in [4.69, 9.17) is 0 Å². The highest BCUT2D eigenvalue weighted by Gasteiger charge is 2.29. The fourth-order valence-corrected chi connectivity index (χ4v) is 3.20. The van der Waals surface area contributed by atoms with Crippen LogP contribution < -0.4 is 5.32 Å². The average Bonchev–Trinajstić information content (AvgIpc) is 2.70. The summed E-state index contributed by atoms with van der Waals surface area (Å²) in [7, 11) is 0. The van der Waals surface area contributed by atoms with Gasteiger partial charge in [-0.2, -0.15) is 0 Å². The zero-order valence-electron chi connectivity index (χ0n) is 11.6. The molecular formula is C14H26N2O2. The van der Waals surface area contributed by atoms with E-state index < -0.39 is 0 Å². The van der Waals surface area contributed by atoms with Crippen LogP contribution in [0.5, 0.6) is 0 Å². The number of amides is 1. The molecule has 0 aromatic carbocycles. The SMILES string of the molecule is CC1CCCC(NC(=O)CN2CCC(O)C2)C1C. The van der Waals surface area contributed by atoms with E-state index in [0.717, 1.165) is 19.4 Å². The molecule has 0 aromatic rings. The third-order valence-electron chi connectivity index (χ3n) is 4.67. The van der Waals surface area contributed by atoms with Crippen molar-refractivity contribution in [2.24, 2.45) is 11.8 Å². The Labute approximate surface area is 110 Å². The molecule has 2 fully saturated rings. The summed E-state index contributed by atoms with van der Waals surface area (Å²) in [5.41, 5.74) is 0. The van der Waals surface area contributed by atoms with E-state index >= 15 is 0 Å². The van der Waals surface area contributed by atoms with E-state index in [0.29, 0.717) is 31.0 Å². The molecule has 0 aromatic heterocycles. The molecule has 2 aliphatic rings.